The number of aromatic nitrogens is 3. The normalized spacial score (nSPS) is 12.5. The molecule has 0 aliphatic rings. The summed E-state index contributed by atoms with van der Waals surface area (Å²) in [5, 5.41) is 17.2. The Morgan fingerprint density at radius 3 is 2.81 bits per heavy atom. The molecule has 7 nitrogen and oxygen atoms in total. The van der Waals surface area contributed by atoms with Crippen LogP contribution in [-0.4, -0.2) is 47.5 Å². The molecule has 0 aliphatic carbocycles. The fourth-order valence-electron chi connectivity index (χ4n) is 2.45. The molecule has 0 radical (unpaired) electrons. The van der Waals surface area contributed by atoms with Gasteiger partial charge in [-0.2, -0.15) is 0 Å². The lowest BCUT2D eigenvalue weighted by Gasteiger charge is -2.16. The van der Waals surface area contributed by atoms with E-state index in [-0.39, 0.29) is 24.0 Å². The van der Waals surface area contributed by atoms with Crippen LogP contribution in [0.5, 0.6) is 0 Å². The van der Waals surface area contributed by atoms with Crippen LogP contribution in [0.4, 0.5) is 0 Å². The van der Waals surface area contributed by atoms with Gasteiger partial charge in [0.2, 0.25) is 0 Å². The molecule has 1 atom stereocenters. The lowest BCUT2D eigenvalue weighted by molar-refractivity contribution is 0.195. The maximum atomic E-state index is 5.11. The Hall–Kier alpha value is -1.20. The van der Waals surface area contributed by atoms with Crippen LogP contribution in [0.15, 0.2) is 22.5 Å². The predicted molar refractivity (Wildman–Crippen MR) is 122 cm³/mol. The standard InChI is InChI=1S/C18H30N6OS.HI/c1-14(11-16-7-5-10-26-16)12-20-18(19-8-6-9-25-4)21-13-17-23-22-15(2)24(17)3;/h5,7,10,14H,6,8-9,11-13H2,1-4H3,(H2,19,20,21);1H. The van der Waals surface area contributed by atoms with Crippen LogP contribution in [0.2, 0.25) is 0 Å². The van der Waals surface area contributed by atoms with Gasteiger partial charge in [-0.3, -0.25) is 0 Å². The van der Waals surface area contributed by atoms with Crippen LogP contribution in [0.25, 0.3) is 0 Å². The molecular weight excluding hydrogens is 475 g/mol. The second-order valence-electron chi connectivity index (χ2n) is 6.43. The predicted octanol–water partition coefficient (Wildman–Crippen LogP) is 2.75. The molecule has 2 N–H and O–H groups in total. The van der Waals surface area contributed by atoms with Crippen molar-refractivity contribution in [3.05, 3.63) is 34.0 Å². The van der Waals surface area contributed by atoms with Gasteiger partial charge in [0.1, 0.15) is 12.4 Å². The van der Waals surface area contributed by atoms with Crippen molar-refractivity contribution in [3.63, 3.8) is 0 Å². The Kier molecular flexibility index (Phi) is 11.5. The topological polar surface area (TPSA) is 76.4 Å². The fourth-order valence-corrected chi connectivity index (χ4v) is 3.32. The molecule has 0 saturated carbocycles. The van der Waals surface area contributed by atoms with E-state index in [4.69, 9.17) is 4.74 Å². The Balaban J connectivity index is 0.00000364. The van der Waals surface area contributed by atoms with Gasteiger partial charge in [-0.1, -0.05) is 13.0 Å². The number of aliphatic imine (C=N–C) groups is 1. The monoisotopic (exact) mass is 506 g/mol. The zero-order valence-corrected chi connectivity index (χ0v) is 19.7. The molecule has 0 aromatic carbocycles. The number of guanidine groups is 1. The molecule has 0 spiro atoms. The van der Waals surface area contributed by atoms with E-state index in [1.54, 1.807) is 7.11 Å². The summed E-state index contributed by atoms with van der Waals surface area (Å²) in [5.41, 5.74) is 0. The third-order valence-electron chi connectivity index (χ3n) is 4.13. The Bertz CT molecular complexity index is 673. The van der Waals surface area contributed by atoms with Gasteiger partial charge in [0.25, 0.3) is 0 Å². The van der Waals surface area contributed by atoms with Crippen LogP contribution in [0, 0.1) is 12.8 Å². The first-order valence-corrected chi connectivity index (χ1v) is 9.86. The van der Waals surface area contributed by atoms with E-state index in [0.29, 0.717) is 12.5 Å². The number of aryl methyl sites for hydroxylation is 1. The quantitative estimate of drug-likeness (QED) is 0.224. The molecule has 0 fully saturated rings. The van der Waals surface area contributed by atoms with Gasteiger partial charge in [0.05, 0.1) is 0 Å². The minimum absolute atomic E-state index is 0. The van der Waals surface area contributed by atoms with Crippen LogP contribution in [0.3, 0.4) is 0 Å². The number of nitrogens with zero attached hydrogens (tertiary/aromatic N) is 4. The third-order valence-corrected chi connectivity index (χ3v) is 5.03. The molecule has 1 unspecified atom stereocenters. The summed E-state index contributed by atoms with van der Waals surface area (Å²) in [4.78, 5) is 6.08. The van der Waals surface area contributed by atoms with E-state index < -0.39 is 0 Å². The molecule has 2 heterocycles. The molecule has 0 saturated heterocycles. The van der Waals surface area contributed by atoms with E-state index in [2.05, 4.69) is 50.3 Å². The number of rotatable bonds is 10. The summed E-state index contributed by atoms with van der Waals surface area (Å²) in [6.45, 7) is 7.10. The highest BCUT2D eigenvalue weighted by atomic mass is 127. The minimum atomic E-state index is 0. The van der Waals surface area contributed by atoms with Crippen molar-refractivity contribution >= 4 is 41.3 Å². The number of methoxy groups -OCH3 is 1. The summed E-state index contributed by atoms with van der Waals surface area (Å²) in [6, 6.07) is 4.29. The van der Waals surface area contributed by atoms with Gasteiger partial charge >= 0.3 is 0 Å². The number of hydrogen-bond acceptors (Lipinski definition) is 5. The number of nitrogens with one attached hydrogen (secondary N) is 2. The molecule has 27 heavy (non-hydrogen) atoms. The van der Waals surface area contributed by atoms with E-state index in [1.807, 2.05) is 29.9 Å². The summed E-state index contributed by atoms with van der Waals surface area (Å²) in [6.07, 6.45) is 2.01. The average Bonchev–Trinajstić information content (AvgIpc) is 3.24. The lowest BCUT2D eigenvalue weighted by atomic mass is 10.1. The highest BCUT2D eigenvalue weighted by Gasteiger charge is 2.08. The average molecular weight is 506 g/mol. The van der Waals surface area contributed by atoms with E-state index >= 15 is 0 Å². The van der Waals surface area contributed by atoms with Crippen molar-refractivity contribution in [1.29, 1.82) is 0 Å². The number of thiophene rings is 1. The fraction of sp³-hybridized carbons (Fsp3) is 0.611. The first-order chi connectivity index (χ1) is 12.6. The van der Waals surface area contributed by atoms with Crippen LogP contribution in [-0.2, 0) is 24.8 Å². The Labute approximate surface area is 183 Å². The number of hydrogen-bond donors (Lipinski definition) is 2. The van der Waals surface area contributed by atoms with Gasteiger partial charge in [-0.15, -0.1) is 45.5 Å². The molecule has 0 aliphatic heterocycles. The summed E-state index contributed by atoms with van der Waals surface area (Å²) < 4.78 is 7.07. The smallest absolute Gasteiger partial charge is 0.191 e. The largest absolute Gasteiger partial charge is 0.385 e. The molecular formula is C18H31IN6OS. The van der Waals surface area contributed by atoms with Crippen molar-refractivity contribution in [1.82, 2.24) is 25.4 Å². The van der Waals surface area contributed by atoms with Crippen LogP contribution in [0.1, 0.15) is 29.9 Å². The molecule has 2 aromatic rings. The van der Waals surface area contributed by atoms with E-state index in [1.165, 1.54) is 4.88 Å². The first kappa shape index (κ1) is 23.8. The summed E-state index contributed by atoms with van der Waals surface area (Å²) in [7, 11) is 3.68. The first-order valence-electron chi connectivity index (χ1n) is 8.98. The third kappa shape index (κ3) is 8.56. The van der Waals surface area contributed by atoms with Gasteiger partial charge in [-0.05, 0) is 37.1 Å². The highest BCUT2D eigenvalue weighted by molar-refractivity contribution is 14.0. The Morgan fingerprint density at radius 2 is 2.19 bits per heavy atom. The molecule has 0 amide bonds. The maximum Gasteiger partial charge on any atom is 0.191 e. The van der Waals surface area contributed by atoms with E-state index in [0.717, 1.165) is 50.1 Å². The zero-order chi connectivity index (χ0) is 18.8. The minimum Gasteiger partial charge on any atom is -0.385 e. The van der Waals surface area contributed by atoms with Crippen molar-refractivity contribution in [2.75, 3.05) is 26.8 Å². The van der Waals surface area contributed by atoms with Gasteiger partial charge in [0.15, 0.2) is 11.8 Å². The molecule has 2 rings (SSSR count). The molecule has 9 heteroatoms. The Morgan fingerprint density at radius 1 is 1.37 bits per heavy atom. The van der Waals surface area contributed by atoms with Crippen molar-refractivity contribution < 1.29 is 4.74 Å². The van der Waals surface area contributed by atoms with Gasteiger partial charge < -0.3 is 19.9 Å². The molecule has 0 bridgehead atoms. The second kappa shape index (κ2) is 13.1. The molecule has 2 aromatic heterocycles. The number of halogens is 1. The summed E-state index contributed by atoms with van der Waals surface area (Å²) in [5.74, 6) is 3.07. The van der Waals surface area contributed by atoms with Crippen molar-refractivity contribution in [2.45, 2.75) is 33.2 Å². The van der Waals surface area contributed by atoms with Crippen LogP contribution >= 0.6 is 35.3 Å². The molecule has 152 valence electrons. The zero-order valence-electron chi connectivity index (χ0n) is 16.6. The van der Waals surface area contributed by atoms with E-state index in [9.17, 15) is 0 Å². The second-order valence-corrected chi connectivity index (χ2v) is 7.46. The maximum absolute atomic E-state index is 5.11. The highest BCUT2D eigenvalue weighted by Crippen LogP contribution is 2.13. The number of ether oxygens (including phenoxy) is 1. The van der Waals surface area contributed by atoms with Crippen LogP contribution < -0.4 is 10.6 Å². The van der Waals surface area contributed by atoms with Crippen molar-refractivity contribution in [3.8, 4) is 0 Å². The van der Waals surface area contributed by atoms with Gasteiger partial charge in [-0.25, -0.2) is 4.99 Å². The SMILES string of the molecule is COCCCNC(=NCc1nnc(C)n1C)NCC(C)Cc1cccs1.I. The lowest BCUT2D eigenvalue weighted by Crippen LogP contribution is -2.40. The van der Waals surface area contributed by atoms with Gasteiger partial charge in [0, 0.05) is 38.7 Å². The summed E-state index contributed by atoms with van der Waals surface area (Å²) >= 11 is 1.81. The van der Waals surface area contributed by atoms with Crippen molar-refractivity contribution in [2.24, 2.45) is 18.0 Å².